The molecule has 4 saturated heterocycles. The third-order valence-electron chi connectivity index (χ3n) is 11.1. The molecular formula is C38H36F5N5O4S. The Morgan fingerprint density at radius 1 is 1.09 bits per heavy atom. The number of anilines is 1. The van der Waals surface area contributed by atoms with Crippen molar-refractivity contribution in [1.82, 2.24) is 20.2 Å². The van der Waals surface area contributed by atoms with Gasteiger partial charge in [0.25, 0.3) is 0 Å². The average molecular weight is 754 g/mol. The molecule has 9 rings (SSSR count). The molecule has 5 fully saturated rings. The van der Waals surface area contributed by atoms with Crippen LogP contribution in [-0.4, -0.2) is 102 Å². The quantitative estimate of drug-likeness (QED) is 0.123. The number of nitrogens with one attached hydrogen (secondary N) is 1. The molecule has 4 aliphatic heterocycles. The van der Waals surface area contributed by atoms with Crippen molar-refractivity contribution in [2.24, 2.45) is 5.41 Å². The normalized spacial score (nSPS) is 23.4. The van der Waals surface area contributed by atoms with Gasteiger partial charge in [0.1, 0.15) is 28.5 Å². The SMILES string of the molecule is C#Cc1c(F)ccc2cc(O)cc(-c3c(SC(F)(F)F)cc4c(N5CC6CCC(C5)N6)nc(OCC5(CN6CCOC7(COC7)C6)CC5)nc4c3F)c12. The first-order chi connectivity index (χ1) is 25.4. The molecule has 1 aliphatic carbocycles. The highest BCUT2D eigenvalue weighted by molar-refractivity contribution is 8.00. The molecule has 3 aromatic carbocycles. The maximum Gasteiger partial charge on any atom is 0.446 e. The van der Waals surface area contributed by atoms with Gasteiger partial charge in [0.15, 0.2) is 5.82 Å². The summed E-state index contributed by atoms with van der Waals surface area (Å²) in [7, 11) is 0. The third kappa shape index (κ3) is 6.52. The smallest absolute Gasteiger partial charge is 0.446 e. The largest absolute Gasteiger partial charge is 0.508 e. The van der Waals surface area contributed by atoms with E-state index in [9.17, 15) is 18.3 Å². The van der Waals surface area contributed by atoms with Crippen LogP contribution in [0.4, 0.5) is 27.8 Å². The fourth-order valence-electron chi connectivity index (χ4n) is 8.44. The molecule has 2 bridgehead atoms. The summed E-state index contributed by atoms with van der Waals surface area (Å²) in [6.45, 7) is 5.38. The first-order valence-corrected chi connectivity index (χ1v) is 18.5. The number of alkyl halides is 3. The summed E-state index contributed by atoms with van der Waals surface area (Å²) < 4.78 is 93.0. The molecular weight excluding hydrogens is 718 g/mol. The number of nitrogens with zero attached hydrogens (tertiary/aromatic N) is 4. The Morgan fingerprint density at radius 3 is 2.55 bits per heavy atom. The van der Waals surface area contributed by atoms with Crippen molar-refractivity contribution in [2.75, 3.05) is 64.1 Å². The number of halogens is 5. The van der Waals surface area contributed by atoms with Crippen molar-refractivity contribution < 1.29 is 41.3 Å². The Hall–Kier alpha value is -3.94. The Kier molecular flexibility index (Phi) is 8.43. The zero-order chi connectivity index (χ0) is 36.7. The van der Waals surface area contributed by atoms with Gasteiger partial charge in [0.2, 0.25) is 0 Å². The summed E-state index contributed by atoms with van der Waals surface area (Å²) in [6, 6.07) is 6.25. The molecule has 5 aliphatic rings. The molecule has 2 N–H and O–H groups in total. The number of ether oxygens (including phenoxy) is 3. The average Bonchev–Trinajstić information content (AvgIpc) is 3.79. The van der Waals surface area contributed by atoms with E-state index in [2.05, 4.69) is 21.1 Å². The summed E-state index contributed by atoms with van der Waals surface area (Å²) >= 11 is -0.506. The first-order valence-electron chi connectivity index (χ1n) is 17.7. The van der Waals surface area contributed by atoms with Gasteiger partial charge in [0.05, 0.1) is 32.0 Å². The Labute approximate surface area is 306 Å². The van der Waals surface area contributed by atoms with Crippen LogP contribution in [0.15, 0.2) is 35.2 Å². The predicted octanol–water partition coefficient (Wildman–Crippen LogP) is 6.23. The van der Waals surface area contributed by atoms with E-state index in [0.29, 0.717) is 32.9 Å². The van der Waals surface area contributed by atoms with E-state index >= 15 is 8.78 Å². The second-order valence-electron chi connectivity index (χ2n) is 15.1. The minimum Gasteiger partial charge on any atom is -0.508 e. The van der Waals surface area contributed by atoms with Gasteiger partial charge in [0, 0.05) is 71.5 Å². The first kappa shape index (κ1) is 34.8. The molecule has 0 amide bonds. The van der Waals surface area contributed by atoms with E-state index in [0.717, 1.165) is 57.5 Å². The molecule has 2 atom stereocenters. The van der Waals surface area contributed by atoms with Gasteiger partial charge in [-0.2, -0.15) is 23.1 Å². The molecule has 278 valence electrons. The molecule has 1 saturated carbocycles. The van der Waals surface area contributed by atoms with E-state index in [4.69, 9.17) is 25.6 Å². The Balaban J connectivity index is 1.17. The van der Waals surface area contributed by atoms with Crippen LogP contribution in [-0.2, 0) is 9.47 Å². The van der Waals surface area contributed by atoms with Gasteiger partial charge in [-0.15, -0.1) is 6.42 Å². The van der Waals surface area contributed by atoms with E-state index in [1.54, 1.807) is 0 Å². The number of aromatic nitrogens is 2. The molecule has 53 heavy (non-hydrogen) atoms. The van der Waals surface area contributed by atoms with Crippen molar-refractivity contribution in [1.29, 1.82) is 0 Å². The van der Waals surface area contributed by atoms with Crippen molar-refractivity contribution in [2.45, 2.75) is 53.8 Å². The third-order valence-corrected chi connectivity index (χ3v) is 11.9. The summed E-state index contributed by atoms with van der Waals surface area (Å²) in [6.07, 6.45) is 9.38. The summed E-state index contributed by atoms with van der Waals surface area (Å²) in [4.78, 5) is 13.1. The number of rotatable bonds is 8. The van der Waals surface area contributed by atoms with Gasteiger partial charge in [-0.05, 0) is 72.7 Å². The number of morpholine rings is 1. The molecule has 1 spiro atoms. The second kappa shape index (κ2) is 12.8. The molecule has 9 nitrogen and oxygen atoms in total. The highest BCUT2D eigenvalue weighted by atomic mass is 32.2. The van der Waals surface area contributed by atoms with Crippen molar-refractivity contribution >= 4 is 39.3 Å². The minimum absolute atomic E-state index is 0.00830. The van der Waals surface area contributed by atoms with Crippen LogP contribution < -0.4 is 15.0 Å². The van der Waals surface area contributed by atoms with E-state index in [1.165, 1.54) is 18.2 Å². The van der Waals surface area contributed by atoms with Gasteiger partial charge >= 0.3 is 11.5 Å². The van der Waals surface area contributed by atoms with Crippen LogP contribution in [0, 0.1) is 29.4 Å². The highest BCUT2D eigenvalue weighted by Crippen LogP contribution is 2.50. The highest BCUT2D eigenvalue weighted by Gasteiger charge is 2.49. The number of hydrogen-bond acceptors (Lipinski definition) is 10. The van der Waals surface area contributed by atoms with Crippen LogP contribution in [0.1, 0.15) is 31.2 Å². The molecule has 4 aromatic rings. The van der Waals surface area contributed by atoms with E-state index < -0.39 is 39.4 Å². The number of hydrogen-bond donors (Lipinski definition) is 2. The lowest BCUT2D eigenvalue weighted by Gasteiger charge is -2.48. The number of thioether (sulfide) groups is 1. The maximum atomic E-state index is 17.4. The van der Waals surface area contributed by atoms with Crippen molar-refractivity contribution in [3.63, 3.8) is 0 Å². The van der Waals surface area contributed by atoms with Gasteiger partial charge < -0.3 is 29.5 Å². The topological polar surface area (TPSA) is 92.2 Å². The van der Waals surface area contributed by atoms with Crippen LogP contribution in [0.5, 0.6) is 11.8 Å². The van der Waals surface area contributed by atoms with Crippen LogP contribution >= 0.6 is 11.8 Å². The Morgan fingerprint density at radius 2 is 1.87 bits per heavy atom. The summed E-state index contributed by atoms with van der Waals surface area (Å²) in [5, 5.41) is 14.5. The Bertz CT molecular complexity index is 2160. The number of fused-ring (bicyclic) bond motifs is 4. The number of terminal acetylenes is 1. The van der Waals surface area contributed by atoms with E-state index in [-0.39, 0.29) is 80.1 Å². The van der Waals surface area contributed by atoms with Gasteiger partial charge in [-0.25, -0.2) is 8.78 Å². The number of aromatic hydroxyl groups is 1. The van der Waals surface area contributed by atoms with Crippen molar-refractivity contribution in [3.05, 3.63) is 47.5 Å². The monoisotopic (exact) mass is 753 g/mol. The van der Waals surface area contributed by atoms with Crippen LogP contribution in [0.25, 0.3) is 32.8 Å². The number of phenolic OH excluding ortho intramolecular Hbond substituents is 1. The number of benzene rings is 3. The maximum absolute atomic E-state index is 17.4. The molecule has 5 heterocycles. The summed E-state index contributed by atoms with van der Waals surface area (Å²) in [5.41, 5.74) is -6.49. The van der Waals surface area contributed by atoms with Crippen LogP contribution in [0.3, 0.4) is 0 Å². The minimum atomic E-state index is -4.83. The predicted molar refractivity (Wildman–Crippen MR) is 189 cm³/mol. The fourth-order valence-corrected chi connectivity index (χ4v) is 9.17. The molecule has 15 heteroatoms. The lowest BCUT2D eigenvalue weighted by molar-refractivity contribution is -0.238. The number of phenols is 1. The molecule has 0 radical (unpaired) electrons. The lowest BCUT2D eigenvalue weighted by Crippen LogP contribution is -2.63. The van der Waals surface area contributed by atoms with E-state index in [1.807, 2.05) is 4.90 Å². The summed E-state index contributed by atoms with van der Waals surface area (Å²) in [5.74, 6) is 0.270. The number of piperazine rings is 1. The molecule has 2 unspecified atom stereocenters. The van der Waals surface area contributed by atoms with Crippen molar-refractivity contribution in [3.8, 4) is 35.2 Å². The molecule has 1 aromatic heterocycles. The second-order valence-corrected chi connectivity index (χ2v) is 16.2. The van der Waals surface area contributed by atoms with Gasteiger partial charge in [-0.1, -0.05) is 12.0 Å². The van der Waals surface area contributed by atoms with Crippen LogP contribution in [0.2, 0.25) is 0 Å². The lowest BCUT2D eigenvalue weighted by atomic mass is 9.93. The standard InChI is InChI=1S/C38H36F5N5O4S/c1-2-25-28(39)6-3-21-11-24(49)12-26(30(21)25)31-29(53-38(41,42)43)13-27-33(32(31)40)45-35(46-34(27)48-14-22-4-5-23(15-48)44-22)51-18-36(7-8-36)16-47-9-10-52-37(17-47)19-50-20-37/h1,3,6,11-13,22-23,44,49H,4-5,7-10,14-20H2. The zero-order valence-corrected chi connectivity index (χ0v) is 29.4. The van der Waals surface area contributed by atoms with Gasteiger partial charge in [-0.3, -0.25) is 4.90 Å². The fraction of sp³-hybridized carbons (Fsp3) is 0.474. The zero-order valence-electron chi connectivity index (χ0n) is 28.6.